The van der Waals surface area contributed by atoms with Crippen molar-refractivity contribution in [2.45, 2.75) is 12.5 Å². The first-order chi connectivity index (χ1) is 10.6. The van der Waals surface area contributed by atoms with Crippen molar-refractivity contribution in [2.75, 3.05) is 47.4 Å². The second-order valence-corrected chi connectivity index (χ2v) is 5.54. The SMILES string of the molecule is COc1ccc(OC)c([C@@H](C(=O)O)N2CCCN(C)CC2)c1. The van der Waals surface area contributed by atoms with Gasteiger partial charge in [0.15, 0.2) is 0 Å². The minimum atomic E-state index is -0.865. The highest BCUT2D eigenvalue weighted by molar-refractivity contribution is 5.77. The first-order valence-electron chi connectivity index (χ1n) is 7.44. The van der Waals surface area contributed by atoms with Gasteiger partial charge in [0.2, 0.25) is 0 Å². The van der Waals surface area contributed by atoms with Crippen molar-refractivity contribution < 1.29 is 19.4 Å². The molecule has 0 radical (unpaired) electrons. The highest BCUT2D eigenvalue weighted by Gasteiger charge is 2.31. The van der Waals surface area contributed by atoms with E-state index in [0.717, 1.165) is 26.1 Å². The molecule has 1 saturated heterocycles. The Balaban J connectivity index is 2.36. The van der Waals surface area contributed by atoms with Gasteiger partial charge in [0.1, 0.15) is 17.5 Å². The number of hydrogen-bond acceptors (Lipinski definition) is 5. The van der Waals surface area contributed by atoms with Crippen LogP contribution < -0.4 is 9.47 Å². The summed E-state index contributed by atoms with van der Waals surface area (Å²) in [5.74, 6) is 0.343. The Kier molecular flexibility index (Phi) is 5.63. The van der Waals surface area contributed by atoms with Crippen LogP contribution in [0.25, 0.3) is 0 Å². The molecule has 1 fully saturated rings. The van der Waals surface area contributed by atoms with Crippen LogP contribution in [-0.2, 0) is 4.79 Å². The van der Waals surface area contributed by atoms with E-state index in [1.54, 1.807) is 32.4 Å². The average Bonchev–Trinajstić information content (AvgIpc) is 2.72. The quantitative estimate of drug-likeness (QED) is 0.889. The molecule has 1 aliphatic rings. The first-order valence-corrected chi connectivity index (χ1v) is 7.44. The standard InChI is InChI=1S/C16H24N2O4/c1-17-7-4-8-18(10-9-17)15(16(19)20)13-11-12(21-2)5-6-14(13)22-3/h5-6,11,15H,4,7-10H2,1-3H3,(H,19,20)/t15-/m0/s1. The lowest BCUT2D eigenvalue weighted by Gasteiger charge is -2.28. The van der Waals surface area contributed by atoms with Crippen LogP contribution in [0.1, 0.15) is 18.0 Å². The van der Waals surface area contributed by atoms with Gasteiger partial charge in [-0.15, -0.1) is 0 Å². The maximum absolute atomic E-state index is 11.9. The second-order valence-electron chi connectivity index (χ2n) is 5.54. The third kappa shape index (κ3) is 3.69. The fourth-order valence-electron chi connectivity index (χ4n) is 2.86. The Labute approximate surface area is 131 Å². The number of nitrogens with zero attached hydrogens (tertiary/aromatic N) is 2. The van der Waals surface area contributed by atoms with Crippen LogP contribution in [0.5, 0.6) is 11.5 Å². The number of carboxylic acids is 1. The maximum atomic E-state index is 11.9. The molecular formula is C16H24N2O4. The smallest absolute Gasteiger partial charge is 0.325 e. The molecule has 122 valence electrons. The fraction of sp³-hybridized carbons (Fsp3) is 0.562. The Bertz CT molecular complexity index is 521. The van der Waals surface area contributed by atoms with Crippen molar-refractivity contribution in [1.29, 1.82) is 0 Å². The molecule has 0 unspecified atom stereocenters. The molecule has 0 spiro atoms. The van der Waals surface area contributed by atoms with Crippen LogP contribution in [0, 0.1) is 0 Å². The predicted molar refractivity (Wildman–Crippen MR) is 83.6 cm³/mol. The zero-order valence-corrected chi connectivity index (χ0v) is 13.4. The van der Waals surface area contributed by atoms with Crippen LogP contribution in [0.3, 0.4) is 0 Å². The summed E-state index contributed by atoms with van der Waals surface area (Å²) in [6.07, 6.45) is 0.951. The molecule has 1 atom stereocenters. The minimum Gasteiger partial charge on any atom is -0.497 e. The molecule has 6 nitrogen and oxygen atoms in total. The highest BCUT2D eigenvalue weighted by Crippen LogP contribution is 2.33. The Hall–Kier alpha value is -1.79. The molecule has 0 saturated carbocycles. The van der Waals surface area contributed by atoms with Crippen molar-refractivity contribution in [3.8, 4) is 11.5 Å². The normalized spacial score (nSPS) is 18.5. The fourth-order valence-corrected chi connectivity index (χ4v) is 2.86. The molecule has 6 heteroatoms. The van der Waals surface area contributed by atoms with Crippen molar-refractivity contribution in [1.82, 2.24) is 9.80 Å². The lowest BCUT2D eigenvalue weighted by atomic mass is 10.0. The highest BCUT2D eigenvalue weighted by atomic mass is 16.5. The van der Waals surface area contributed by atoms with E-state index in [-0.39, 0.29) is 0 Å². The molecule has 0 bridgehead atoms. The van der Waals surface area contributed by atoms with Gasteiger partial charge in [0, 0.05) is 25.2 Å². The third-order valence-corrected chi connectivity index (χ3v) is 4.08. The van der Waals surface area contributed by atoms with Crippen molar-refractivity contribution in [3.05, 3.63) is 23.8 Å². The van der Waals surface area contributed by atoms with Gasteiger partial charge in [-0.2, -0.15) is 0 Å². The summed E-state index contributed by atoms with van der Waals surface area (Å²) >= 11 is 0. The molecule has 0 aliphatic carbocycles. The maximum Gasteiger partial charge on any atom is 0.325 e. The van der Waals surface area contributed by atoms with Crippen LogP contribution in [0.4, 0.5) is 0 Å². The van der Waals surface area contributed by atoms with E-state index < -0.39 is 12.0 Å². The van der Waals surface area contributed by atoms with Gasteiger partial charge in [-0.3, -0.25) is 9.69 Å². The van der Waals surface area contributed by atoms with E-state index in [1.807, 2.05) is 4.90 Å². The van der Waals surface area contributed by atoms with Gasteiger partial charge in [-0.1, -0.05) is 0 Å². The summed E-state index contributed by atoms with van der Waals surface area (Å²) in [4.78, 5) is 16.1. The van der Waals surface area contributed by atoms with Gasteiger partial charge in [-0.25, -0.2) is 0 Å². The lowest BCUT2D eigenvalue weighted by Crippen LogP contribution is -2.37. The van der Waals surface area contributed by atoms with Gasteiger partial charge in [0.05, 0.1) is 14.2 Å². The van der Waals surface area contributed by atoms with Crippen LogP contribution in [0.15, 0.2) is 18.2 Å². The number of carbonyl (C=O) groups is 1. The Morgan fingerprint density at radius 2 is 1.95 bits per heavy atom. The van der Waals surface area contributed by atoms with E-state index in [0.29, 0.717) is 23.6 Å². The molecule has 0 aromatic heterocycles. The molecule has 1 heterocycles. The van der Waals surface area contributed by atoms with Gasteiger partial charge >= 0.3 is 5.97 Å². The van der Waals surface area contributed by atoms with Gasteiger partial charge in [-0.05, 0) is 38.2 Å². The number of methoxy groups -OCH3 is 2. The zero-order valence-electron chi connectivity index (χ0n) is 13.4. The molecule has 0 amide bonds. The molecule has 2 rings (SSSR count). The van der Waals surface area contributed by atoms with E-state index >= 15 is 0 Å². The van der Waals surface area contributed by atoms with Gasteiger partial charge < -0.3 is 19.5 Å². The number of hydrogen-bond donors (Lipinski definition) is 1. The van der Waals surface area contributed by atoms with Crippen molar-refractivity contribution in [3.63, 3.8) is 0 Å². The first kappa shape index (κ1) is 16.6. The third-order valence-electron chi connectivity index (χ3n) is 4.08. The number of rotatable bonds is 5. The van der Waals surface area contributed by atoms with E-state index in [2.05, 4.69) is 11.9 Å². The summed E-state index contributed by atoms with van der Waals surface area (Å²) in [5, 5.41) is 9.77. The van der Waals surface area contributed by atoms with Crippen molar-refractivity contribution in [2.24, 2.45) is 0 Å². The summed E-state index contributed by atoms with van der Waals surface area (Å²) in [7, 11) is 5.19. The molecule has 22 heavy (non-hydrogen) atoms. The summed E-state index contributed by atoms with van der Waals surface area (Å²) < 4.78 is 10.6. The number of likely N-dealkylation sites (N-methyl/N-ethyl adjacent to an activating group) is 1. The van der Waals surface area contributed by atoms with Crippen LogP contribution >= 0.6 is 0 Å². The summed E-state index contributed by atoms with van der Waals surface area (Å²) in [5.41, 5.74) is 0.638. The largest absolute Gasteiger partial charge is 0.497 e. The van der Waals surface area contributed by atoms with E-state index in [1.165, 1.54) is 0 Å². The molecule has 1 aliphatic heterocycles. The number of ether oxygens (including phenoxy) is 2. The summed E-state index contributed by atoms with van der Waals surface area (Å²) in [6, 6.07) is 4.56. The van der Waals surface area contributed by atoms with Crippen molar-refractivity contribution >= 4 is 5.97 Å². The van der Waals surface area contributed by atoms with Crippen LogP contribution in [0.2, 0.25) is 0 Å². The molecule has 1 aromatic carbocycles. The topological polar surface area (TPSA) is 62.2 Å². The Morgan fingerprint density at radius 3 is 2.59 bits per heavy atom. The zero-order chi connectivity index (χ0) is 16.1. The predicted octanol–water partition coefficient (Wildman–Crippen LogP) is 1.47. The van der Waals surface area contributed by atoms with Crippen LogP contribution in [-0.4, -0.2) is 68.3 Å². The number of carboxylic acid groups (broad SMARTS) is 1. The molecular weight excluding hydrogens is 284 g/mol. The lowest BCUT2D eigenvalue weighted by molar-refractivity contribution is -0.143. The minimum absolute atomic E-state index is 0.575. The van der Waals surface area contributed by atoms with E-state index in [9.17, 15) is 9.90 Å². The Morgan fingerprint density at radius 1 is 1.18 bits per heavy atom. The monoisotopic (exact) mass is 308 g/mol. The molecule has 1 N–H and O–H groups in total. The van der Waals surface area contributed by atoms with Gasteiger partial charge in [0.25, 0.3) is 0 Å². The second kappa shape index (κ2) is 7.47. The summed E-state index contributed by atoms with van der Waals surface area (Å²) in [6.45, 7) is 3.31. The number of aliphatic carboxylic acids is 1. The van der Waals surface area contributed by atoms with E-state index in [4.69, 9.17) is 9.47 Å². The number of benzene rings is 1. The average molecular weight is 308 g/mol. The molecule has 1 aromatic rings.